The van der Waals surface area contributed by atoms with Crippen molar-refractivity contribution in [3.05, 3.63) is 35.6 Å². The van der Waals surface area contributed by atoms with Crippen molar-refractivity contribution in [2.75, 3.05) is 20.1 Å². The van der Waals surface area contributed by atoms with Gasteiger partial charge in [0.05, 0.1) is 5.41 Å². The number of hydrogen-bond donors (Lipinski definition) is 1. The molecule has 1 fully saturated rings. The minimum Gasteiger partial charge on any atom is -0.342 e. The number of halogens is 1. The van der Waals surface area contributed by atoms with E-state index in [9.17, 15) is 9.18 Å². The summed E-state index contributed by atoms with van der Waals surface area (Å²) >= 11 is 0. The number of piperidine rings is 1. The Morgan fingerprint density at radius 2 is 1.90 bits per heavy atom. The second kappa shape index (κ2) is 5.92. The first kappa shape index (κ1) is 15.0. The highest BCUT2D eigenvalue weighted by Gasteiger charge is 2.36. The van der Waals surface area contributed by atoms with Gasteiger partial charge in [0.1, 0.15) is 5.82 Å². The molecule has 4 heteroatoms. The van der Waals surface area contributed by atoms with Gasteiger partial charge in [-0.3, -0.25) is 4.79 Å². The maximum Gasteiger partial charge on any atom is 0.232 e. The molecule has 110 valence electrons. The summed E-state index contributed by atoms with van der Waals surface area (Å²) in [6, 6.07) is 7.03. The molecular weight excluding hydrogens is 255 g/mol. The molecule has 3 nitrogen and oxygen atoms in total. The Hall–Kier alpha value is -1.42. The standard InChI is InChI=1S/C16H23FN2O/c1-16(2,13-6-4-5-7-14(13)17)15(20)19-10-8-12(18-3)9-11-19/h4-7,12,18H,8-11H2,1-3H3. The summed E-state index contributed by atoms with van der Waals surface area (Å²) in [5, 5.41) is 3.24. The average molecular weight is 278 g/mol. The topological polar surface area (TPSA) is 32.3 Å². The number of nitrogens with one attached hydrogen (secondary N) is 1. The Kier molecular flexibility index (Phi) is 4.43. The van der Waals surface area contributed by atoms with Gasteiger partial charge in [0.25, 0.3) is 0 Å². The molecule has 1 aliphatic heterocycles. The fourth-order valence-electron chi connectivity index (χ4n) is 2.85. The van der Waals surface area contributed by atoms with Crippen LogP contribution in [0.25, 0.3) is 0 Å². The van der Waals surface area contributed by atoms with Gasteiger partial charge in [0.2, 0.25) is 5.91 Å². The Balaban J connectivity index is 2.14. The van der Waals surface area contributed by atoms with E-state index in [0.29, 0.717) is 11.6 Å². The second-order valence-corrected chi connectivity index (χ2v) is 5.96. The van der Waals surface area contributed by atoms with Crippen LogP contribution in [0.3, 0.4) is 0 Å². The molecule has 1 amide bonds. The van der Waals surface area contributed by atoms with Crippen LogP contribution in [0.15, 0.2) is 24.3 Å². The normalized spacial score (nSPS) is 17.3. The summed E-state index contributed by atoms with van der Waals surface area (Å²) in [6.45, 7) is 5.08. The maximum atomic E-state index is 13.9. The molecule has 1 aromatic carbocycles. The lowest BCUT2D eigenvalue weighted by molar-refractivity contribution is -0.137. The number of carbonyl (C=O) groups excluding carboxylic acids is 1. The molecule has 1 N–H and O–H groups in total. The molecule has 1 aliphatic rings. The molecule has 1 heterocycles. The van der Waals surface area contributed by atoms with Crippen molar-refractivity contribution >= 4 is 5.91 Å². The maximum absolute atomic E-state index is 13.9. The highest BCUT2D eigenvalue weighted by atomic mass is 19.1. The van der Waals surface area contributed by atoms with Gasteiger partial charge < -0.3 is 10.2 Å². The Morgan fingerprint density at radius 3 is 2.45 bits per heavy atom. The molecule has 0 aliphatic carbocycles. The van der Waals surface area contributed by atoms with Crippen LogP contribution < -0.4 is 5.32 Å². The van der Waals surface area contributed by atoms with Gasteiger partial charge in [-0.1, -0.05) is 18.2 Å². The van der Waals surface area contributed by atoms with Crippen LogP contribution in [0.1, 0.15) is 32.3 Å². The predicted octanol–water partition coefficient (Wildman–Crippen LogP) is 2.31. The van der Waals surface area contributed by atoms with E-state index in [2.05, 4.69) is 5.32 Å². The zero-order valence-electron chi connectivity index (χ0n) is 12.4. The van der Waals surface area contributed by atoms with Crippen molar-refractivity contribution in [3.63, 3.8) is 0 Å². The van der Waals surface area contributed by atoms with Crippen molar-refractivity contribution in [1.82, 2.24) is 10.2 Å². The third kappa shape index (κ3) is 2.85. The van der Waals surface area contributed by atoms with Crippen LogP contribution >= 0.6 is 0 Å². The fraction of sp³-hybridized carbons (Fsp3) is 0.562. The van der Waals surface area contributed by atoms with Gasteiger partial charge in [-0.25, -0.2) is 4.39 Å². The van der Waals surface area contributed by atoms with Crippen LogP contribution in [0, 0.1) is 5.82 Å². The first-order valence-electron chi connectivity index (χ1n) is 7.18. The first-order chi connectivity index (χ1) is 9.46. The number of hydrogen-bond acceptors (Lipinski definition) is 2. The number of nitrogens with zero attached hydrogens (tertiary/aromatic N) is 1. The number of carbonyl (C=O) groups is 1. The predicted molar refractivity (Wildman–Crippen MR) is 78.1 cm³/mol. The lowest BCUT2D eigenvalue weighted by atomic mass is 9.82. The van der Waals surface area contributed by atoms with Crippen molar-refractivity contribution in [1.29, 1.82) is 0 Å². The molecule has 0 unspecified atom stereocenters. The quantitative estimate of drug-likeness (QED) is 0.920. The van der Waals surface area contributed by atoms with E-state index in [-0.39, 0.29) is 11.7 Å². The molecule has 0 spiro atoms. The summed E-state index contributed by atoms with van der Waals surface area (Å²) in [6.07, 6.45) is 1.91. The van der Waals surface area contributed by atoms with Crippen LogP contribution in [0.2, 0.25) is 0 Å². The Morgan fingerprint density at radius 1 is 1.30 bits per heavy atom. The highest BCUT2D eigenvalue weighted by molar-refractivity contribution is 5.87. The summed E-state index contributed by atoms with van der Waals surface area (Å²) in [4.78, 5) is 14.6. The molecule has 2 rings (SSSR count). The molecule has 1 aromatic rings. The van der Waals surface area contributed by atoms with Crippen LogP contribution in [0.4, 0.5) is 4.39 Å². The molecular formula is C16H23FN2O. The van der Waals surface area contributed by atoms with Gasteiger partial charge in [-0.2, -0.15) is 0 Å². The van der Waals surface area contributed by atoms with Gasteiger partial charge in [0.15, 0.2) is 0 Å². The van der Waals surface area contributed by atoms with Crippen LogP contribution in [0.5, 0.6) is 0 Å². The molecule has 0 radical (unpaired) electrons. The monoisotopic (exact) mass is 278 g/mol. The average Bonchev–Trinajstić information content (AvgIpc) is 2.47. The summed E-state index contributed by atoms with van der Waals surface area (Å²) < 4.78 is 13.9. The molecule has 0 aromatic heterocycles. The van der Waals surface area contributed by atoms with Crippen molar-refractivity contribution in [3.8, 4) is 0 Å². The van der Waals surface area contributed by atoms with Gasteiger partial charge in [-0.05, 0) is 39.8 Å². The largest absolute Gasteiger partial charge is 0.342 e. The van der Waals surface area contributed by atoms with E-state index in [0.717, 1.165) is 25.9 Å². The third-order valence-electron chi connectivity index (χ3n) is 4.27. The molecule has 0 bridgehead atoms. The van der Waals surface area contributed by atoms with Gasteiger partial charge in [0, 0.05) is 24.7 Å². The van der Waals surface area contributed by atoms with E-state index in [1.807, 2.05) is 11.9 Å². The Bertz CT molecular complexity index is 479. The van der Waals surface area contributed by atoms with Crippen LogP contribution in [-0.2, 0) is 10.2 Å². The number of likely N-dealkylation sites (tertiary alicyclic amines) is 1. The summed E-state index contributed by atoms with van der Waals surface area (Å²) in [7, 11) is 1.95. The smallest absolute Gasteiger partial charge is 0.232 e. The van der Waals surface area contributed by atoms with Gasteiger partial charge in [-0.15, -0.1) is 0 Å². The zero-order valence-corrected chi connectivity index (χ0v) is 12.4. The SMILES string of the molecule is CNC1CCN(C(=O)C(C)(C)c2ccccc2F)CC1. The second-order valence-electron chi connectivity index (χ2n) is 5.96. The molecule has 0 atom stereocenters. The van der Waals surface area contributed by atoms with Gasteiger partial charge >= 0.3 is 0 Å². The summed E-state index contributed by atoms with van der Waals surface area (Å²) in [5.74, 6) is -0.298. The lowest BCUT2D eigenvalue weighted by Gasteiger charge is -2.37. The molecule has 1 saturated heterocycles. The minimum absolute atomic E-state index is 0.0113. The molecule has 20 heavy (non-hydrogen) atoms. The van der Waals surface area contributed by atoms with E-state index in [1.54, 1.807) is 32.0 Å². The zero-order chi connectivity index (χ0) is 14.8. The van der Waals surface area contributed by atoms with Crippen molar-refractivity contribution in [2.45, 2.75) is 38.1 Å². The van der Waals surface area contributed by atoms with E-state index < -0.39 is 5.41 Å². The fourth-order valence-corrected chi connectivity index (χ4v) is 2.85. The number of amides is 1. The van der Waals surface area contributed by atoms with Crippen molar-refractivity contribution < 1.29 is 9.18 Å². The highest BCUT2D eigenvalue weighted by Crippen LogP contribution is 2.29. The van der Waals surface area contributed by atoms with Crippen molar-refractivity contribution in [2.24, 2.45) is 0 Å². The number of rotatable bonds is 3. The summed E-state index contributed by atoms with van der Waals surface area (Å²) in [5.41, 5.74) is -0.349. The molecule has 0 saturated carbocycles. The Labute approximate surface area is 120 Å². The van der Waals surface area contributed by atoms with Crippen LogP contribution in [-0.4, -0.2) is 37.0 Å². The van der Waals surface area contributed by atoms with E-state index in [4.69, 9.17) is 0 Å². The van der Waals surface area contributed by atoms with E-state index >= 15 is 0 Å². The number of benzene rings is 1. The first-order valence-corrected chi connectivity index (χ1v) is 7.18. The van der Waals surface area contributed by atoms with E-state index in [1.165, 1.54) is 6.07 Å². The lowest BCUT2D eigenvalue weighted by Crippen LogP contribution is -2.49. The minimum atomic E-state index is -0.822. The third-order valence-corrected chi connectivity index (χ3v) is 4.27.